The van der Waals surface area contributed by atoms with E-state index in [9.17, 15) is 9.59 Å². The van der Waals surface area contributed by atoms with Gasteiger partial charge in [-0.3, -0.25) is 14.5 Å². The first-order chi connectivity index (χ1) is 15.6. The molecule has 4 aromatic rings. The van der Waals surface area contributed by atoms with Gasteiger partial charge in [-0.15, -0.1) is 5.10 Å². The zero-order valence-corrected chi connectivity index (χ0v) is 18.3. The molecule has 32 heavy (non-hydrogen) atoms. The lowest BCUT2D eigenvalue weighted by Crippen LogP contribution is -2.44. The van der Waals surface area contributed by atoms with Crippen molar-refractivity contribution in [3.63, 3.8) is 0 Å². The van der Waals surface area contributed by atoms with E-state index >= 15 is 0 Å². The predicted octanol–water partition coefficient (Wildman–Crippen LogP) is 4.19. The van der Waals surface area contributed by atoms with E-state index in [1.54, 1.807) is 36.6 Å². The largest absolute Gasteiger partial charge is 0.464 e. The number of nitrogens with zero attached hydrogens (tertiary/aromatic N) is 3. The SMILES string of the molecule is Cc1ccc([C@@H](C(=O)NCCc2ccccc2)N(C(=O)c2csnn2)c2ccccc2)o1. The second-order valence-corrected chi connectivity index (χ2v) is 7.79. The van der Waals surface area contributed by atoms with E-state index in [0.717, 1.165) is 17.1 Å². The molecule has 0 spiro atoms. The van der Waals surface area contributed by atoms with E-state index in [1.807, 2.05) is 48.5 Å². The number of carbonyl (C=O) groups excluding carboxylic acids is 2. The molecule has 0 fully saturated rings. The zero-order valence-electron chi connectivity index (χ0n) is 17.5. The van der Waals surface area contributed by atoms with Gasteiger partial charge in [0.2, 0.25) is 0 Å². The molecule has 2 aromatic heterocycles. The molecule has 2 aromatic carbocycles. The number of furan rings is 1. The summed E-state index contributed by atoms with van der Waals surface area (Å²) < 4.78 is 9.62. The van der Waals surface area contributed by atoms with Gasteiger partial charge in [-0.25, -0.2) is 0 Å². The monoisotopic (exact) mass is 446 g/mol. The highest BCUT2D eigenvalue weighted by Crippen LogP contribution is 2.30. The van der Waals surface area contributed by atoms with Crippen molar-refractivity contribution in [1.82, 2.24) is 14.9 Å². The number of amides is 2. The first kappa shape index (κ1) is 21.5. The molecule has 0 saturated carbocycles. The van der Waals surface area contributed by atoms with Crippen LogP contribution in [0, 0.1) is 6.92 Å². The van der Waals surface area contributed by atoms with Gasteiger partial charge in [0.05, 0.1) is 0 Å². The van der Waals surface area contributed by atoms with Crippen LogP contribution in [0.4, 0.5) is 5.69 Å². The van der Waals surface area contributed by atoms with Crippen LogP contribution >= 0.6 is 11.5 Å². The Labute approximate surface area is 189 Å². The average molecular weight is 447 g/mol. The highest BCUT2D eigenvalue weighted by atomic mass is 32.1. The Morgan fingerprint density at radius 3 is 2.38 bits per heavy atom. The normalized spacial score (nSPS) is 11.7. The number of benzene rings is 2. The third-order valence-electron chi connectivity index (χ3n) is 4.93. The lowest BCUT2D eigenvalue weighted by molar-refractivity contribution is -0.122. The van der Waals surface area contributed by atoms with E-state index in [4.69, 9.17) is 4.42 Å². The quantitative estimate of drug-likeness (QED) is 0.439. The van der Waals surface area contributed by atoms with Crippen molar-refractivity contribution >= 4 is 29.0 Å². The molecule has 7 nitrogen and oxygen atoms in total. The highest BCUT2D eigenvalue weighted by molar-refractivity contribution is 7.03. The molecule has 1 atom stereocenters. The number of hydrogen-bond donors (Lipinski definition) is 1. The first-order valence-corrected chi connectivity index (χ1v) is 11.0. The fourth-order valence-electron chi connectivity index (χ4n) is 3.40. The number of para-hydroxylation sites is 1. The van der Waals surface area contributed by atoms with Crippen LogP contribution in [0.1, 0.15) is 33.6 Å². The molecule has 8 heteroatoms. The minimum atomic E-state index is -1.00. The first-order valence-electron chi connectivity index (χ1n) is 10.2. The van der Waals surface area contributed by atoms with E-state index in [2.05, 4.69) is 14.9 Å². The number of hydrogen-bond acceptors (Lipinski definition) is 6. The lowest BCUT2D eigenvalue weighted by Gasteiger charge is -2.29. The maximum atomic E-state index is 13.4. The van der Waals surface area contributed by atoms with Gasteiger partial charge in [0.25, 0.3) is 11.8 Å². The van der Waals surface area contributed by atoms with Crippen LogP contribution in [0.15, 0.2) is 82.6 Å². The molecule has 0 aliphatic heterocycles. The smallest absolute Gasteiger partial charge is 0.280 e. The summed E-state index contributed by atoms with van der Waals surface area (Å²) in [6.45, 7) is 2.22. The van der Waals surface area contributed by atoms with E-state index < -0.39 is 11.9 Å². The summed E-state index contributed by atoms with van der Waals surface area (Å²) in [5.41, 5.74) is 1.84. The number of anilines is 1. The predicted molar refractivity (Wildman–Crippen MR) is 123 cm³/mol. The van der Waals surface area contributed by atoms with Crippen LogP contribution in [0.2, 0.25) is 0 Å². The molecule has 0 saturated heterocycles. The van der Waals surface area contributed by atoms with Crippen molar-refractivity contribution in [2.24, 2.45) is 0 Å². The zero-order chi connectivity index (χ0) is 22.3. The van der Waals surface area contributed by atoms with Crippen molar-refractivity contribution in [3.8, 4) is 0 Å². The Bertz CT molecular complexity index is 1160. The summed E-state index contributed by atoms with van der Waals surface area (Å²) in [5.74, 6) is 0.260. The molecular weight excluding hydrogens is 424 g/mol. The second kappa shape index (κ2) is 10.0. The lowest BCUT2D eigenvalue weighted by atomic mass is 10.1. The Morgan fingerprint density at radius 2 is 1.75 bits per heavy atom. The van der Waals surface area contributed by atoms with Crippen molar-refractivity contribution in [3.05, 3.63) is 101 Å². The average Bonchev–Trinajstić information content (AvgIpc) is 3.50. The van der Waals surface area contributed by atoms with Crippen LogP contribution in [0.25, 0.3) is 0 Å². The van der Waals surface area contributed by atoms with Gasteiger partial charge in [-0.2, -0.15) is 0 Å². The van der Waals surface area contributed by atoms with E-state index in [-0.39, 0.29) is 11.6 Å². The Hall–Kier alpha value is -3.78. The molecule has 2 amide bonds. The molecule has 162 valence electrons. The summed E-state index contributed by atoms with van der Waals surface area (Å²) in [7, 11) is 0. The van der Waals surface area contributed by atoms with Gasteiger partial charge in [-0.05, 0) is 54.7 Å². The van der Waals surface area contributed by atoms with Gasteiger partial charge >= 0.3 is 0 Å². The summed E-state index contributed by atoms with van der Waals surface area (Å²) in [6.07, 6.45) is 0.672. The summed E-state index contributed by atoms with van der Waals surface area (Å²) in [6, 6.07) is 21.4. The maximum absolute atomic E-state index is 13.4. The van der Waals surface area contributed by atoms with Gasteiger partial charge in [0, 0.05) is 17.6 Å². The number of aryl methyl sites for hydroxylation is 1. The third-order valence-corrected chi connectivity index (χ3v) is 5.43. The minimum absolute atomic E-state index is 0.171. The molecule has 1 N–H and O–H groups in total. The van der Waals surface area contributed by atoms with Crippen molar-refractivity contribution < 1.29 is 14.0 Å². The second-order valence-electron chi connectivity index (χ2n) is 7.18. The number of carbonyl (C=O) groups is 2. The fourth-order valence-corrected chi connectivity index (χ4v) is 3.83. The third kappa shape index (κ3) is 4.92. The van der Waals surface area contributed by atoms with Crippen LogP contribution in [0.5, 0.6) is 0 Å². The van der Waals surface area contributed by atoms with Crippen molar-refractivity contribution in [2.75, 3.05) is 11.4 Å². The van der Waals surface area contributed by atoms with Crippen molar-refractivity contribution in [1.29, 1.82) is 0 Å². The minimum Gasteiger partial charge on any atom is -0.464 e. The Morgan fingerprint density at radius 1 is 1.03 bits per heavy atom. The maximum Gasteiger partial charge on any atom is 0.280 e. The topological polar surface area (TPSA) is 88.3 Å². The van der Waals surface area contributed by atoms with Gasteiger partial charge < -0.3 is 9.73 Å². The molecular formula is C24H22N4O3S. The number of nitrogens with one attached hydrogen (secondary N) is 1. The molecule has 0 radical (unpaired) electrons. The van der Waals surface area contributed by atoms with Crippen molar-refractivity contribution in [2.45, 2.75) is 19.4 Å². The molecule has 0 unspecified atom stereocenters. The molecule has 4 rings (SSSR count). The van der Waals surface area contributed by atoms with Crippen LogP contribution in [0.3, 0.4) is 0 Å². The molecule has 0 aliphatic carbocycles. The van der Waals surface area contributed by atoms with Gasteiger partial charge in [0.15, 0.2) is 11.7 Å². The van der Waals surface area contributed by atoms with Crippen LogP contribution in [-0.2, 0) is 11.2 Å². The Kier molecular flexibility index (Phi) is 6.72. The standard InChI is InChI=1S/C24H22N4O3S/c1-17-12-13-21(31-17)22(23(29)25-15-14-18-8-4-2-5-9-18)28(19-10-6-3-7-11-19)24(30)20-16-32-27-26-20/h2-13,16,22H,14-15H2,1H3,(H,25,29)/t22-/m0/s1. The van der Waals surface area contributed by atoms with Gasteiger partial charge in [0.1, 0.15) is 11.5 Å². The van der Waals surface area contributed by atoms with Crippen LogP contribution < -0.4 is 10.2 Å². The van der Waals surface area contributed by atoms with E-state index in [0.29, 0.717) is 30.2 Å². The number of aromatic nitrogens is 2. The summed E-state index contributed by atoms with van der Waals surface area (Å²) in [5, 5.41) is 8.45. The molecule has 2 heterocycles. The summed E-state index contributed by atoms with van der Waals surface area (Å²) in [4.78, 5) is 28.3. The van der Waals surface area contributed by atoms with Gasteiger partial charge in [-0.1, -0.05) is 53.0 Å². The number of rotatable bonds is 8. The molecule has 0 bridgehead atoms. The Balaban J connectivity index is 1.66. The highest BCUT2D eigenvalue weighted by Gasteiger charge is 2.36. The van der Waals surface area contributed by atoms with Crippen LogP contribution in [-0.4, -0.2) is 27.9 Å². The van der Waals surface area contributed by atoms with E-state index in [1.165, 1.54) is 4.90 Å². The molecule has 0 aliphatic rings. The summed E-state index contributed by atoms with van der Waals surface area (Å²) >= 11 is 1.08. The fraction of sp³-hybridized carbons (Fsp3) is 0.167.